The van der Waals surface area contributed by atoms with Gasteiger partial charge in [-0.2, -0.15) is 0 Å². The van der Waals surface area contributed by atoms with Gasteiger partial charge >= 0.3 is 0 Å². The Balaban J connectivity index is 1.41. The molecule has 1 saturated carbocycles. The summed E-state index contributed by atoms with van der Waals surface area (Å²) in [7, 11) is 0. The van der Waals surface area contributed by atoms with Crippen molar-refractivity contribution in [3.8, 4) is 0 Å². The van der Waals surface area contributed by atoms with Gasteiger partial charge in [-0.25, -0.2) is 4.39 Å². The zero-order valence-electron chi connectivity index (χ0n) is 16.3. The second-order valence-electron chi connectivity index (χ2n) is 7.72. The molecule has 7 heteroatoms. The largest absolute Gasteiger partial charge is 0.352 e. The first-order chi connectivity index (χ1) is 13.4. The average Bonchev–Trinajstić information content (AvgIpc) is 2.73. The van der Waals surface area contributed by atoms with Gasteiger partial charge in [0.1, 0.15) is 5.82 Å². The summed E-state index contributed by atoms with van der Waals surface area (Å²) in [5, 5.41) is 2.92. The maximum Gasteiger partial charge on any atom is 0.225 e. The number of rotatable bonds is 4. The zero-order valence-corrected chi connectivity index (χ0v) is 16.3. The Hall–Kier alpha value is -2.44. The van der Waals surface area contributed by atoms with Crippen LogP contribution in [-0.2, 0) is 20.9 Å². The van der Waals surface area contributed by atoms with E-state index in [1.54, 1.807) is 24.0 Å². The van der Waals surface area contributed by atoms with Crippen LogP contribution in [0.15, 0.2) is 24.3 Å². The van der Waals surface area contributed by atoms with E-state index in [1.165, 1.54) is 12.1 Å². The lowest BCUT2D eigenvalue weighted by Crippen LogP contribution is -2.51. The molecule has 1 heterocycles. The van der Waals surface area contributed by atoms with E-state index in [-0.39, 0.29) is 35.4 Å². The molecule has 1 aromatic carbocycles. The van der Waals surface area contributed by atoms with E-state index >= 15 is 0 Å². The molecule has 0 bridgehead atoms. The van der Waals surface area contributed by atoms with Crippen molar-refractivity contribution >= 4 is 17.7 Å². The summed E-state index contributed by atoms with van der Waals surface area (Å²) in [6.45, 7) is 4.33. The van der Waals surface area contributed by atoms with Gasteiger partial charge in [0.05, 0.1) is 0 Å². The molecule has 0 unspecified atom stereocenters. The van der Waals surface area contributed by atoms with Gasteiger partial charge in [0.25, 0.3) is 0 Å². The Labute approximate surface area is 165 Å². The molecule has 0 spiro atoms. The van der Waals surface area contributed by atoms with Gasteiger partial charge in [-0.15, -0.1) is 0 Å². The van der Waals surface area contributed by atoms with E-state index in [9.17, 15) is 18.8 Å². The fourth-order valence-corrected chi connectivity index (χ4v) is 4.04. The molecule has 2 aliphatic rings. The highest BCUT2D eigenvalue weighted by molar-refractivity contribution is 5.81. The highest BCUT2D eigenvalue weighted by atomic mass is 19.1. The molecule has 0 aromatic heterocycles. The van der Waals surface area contributed by atoms with Gasteiger partial charge in [-0.1, -0.05) is 12.1 Å². The molecular formula is C21H28FN3O3. The Morgan fingerprint density at radius 3 is 2.04 bits per heavy atom. The fourth-order valence-electron chi connectivity index (χ4n) is 4.04. The van der Waals surface area contributed by atoms with Crippen molar-refractivity contribution in [2.45, 2.75) is 39.2 Å². The van der Waals surface area contributed by atoms with Gasteiger partial charge in [0.15, 0.2) is 0 Å². The third-order valence-electron chi connectivity index (χ3n) is 5.86. The summed E-state index contributed by atoms with van der Waals surface area (Å²) < 4.78 is 12.9. The smallest absolute Gasteiger partial charge is 0.225 e. The standard InChI is InChI=1S/C21H28FN3O3/c1-15(26)24-10-12-25(13-11-24)21(28)18-6-4-17(5-7-18)20(27)23-14-16-2-8-19(22)9-3-16/h2-3,8-9,17-18H,4-7,10-14H2,1H3,(H,23,27). The highest BCUT2D eigenvalue weighted by Gasteiger charge is 2.33. The van der Waals surface area contributed by atoms with Crippen LogP contribution in [-0.4, -0.2) is 53.7 Å². The van der Waals surface area contributed by atoms with Crippen LogP contribution in [0, 0.1) is 17.7 Å². The molecule has 1 saturated heterocycles. The van der Waals surface area contributed by atoms with E-state index in [4.69, 9.17) is 0 Å². The minimum absolute atomic E-state index is 0.00490. The van der Waals surface area contributed by atoms with Crippen LogP contribution in [0.3, 0.4) is 0 Å². The predicted octanol–water partition coefficient (Wildman–Crippen LogP) is 1.94. The van der Waals surface area contributed by atoms with Crippen LogP contribution in [0.5, 0.6) is 0 Å². The minimum atomic E-state index is -0.291. The van der Waals surface area contributed by atoms with E-state index < -0.39 is 0 Å². The number of hydrogen-bond donors (Lipinski definition) is 1. The maximum absolute atomic E-state index is 12.9. The first kappa shape index (κ1) is 20.3. The van der Waals surface area contributed by atoms with Gasteiger partial charge in [-0.05, 0) is 43.4 Å². The molecule has 152 valence electrons. The van der Waals surface area contributed by atoms with Crippen molar-refractivity contribution in [1.29, 1.82) is 0 Å². The SMILES string of the molecule is CC(=O)N1CCN(C(=O)C2CCC(C(=O)NCc3ccc(F)cc3)CC2)CC1. The fraction of sp³-hybridized carbons (Fsp3) is 0.571. The van der Waals surface area contributed by atoms with E-state index in [1.807, 2.05) is 4.90 Å². The van der Waals surface area contributed by atoms with Crippen LogP contribution < -0.4 is 5.32 Å². The lowest BCUT2D eigenvalue weighted by molar-refractivity contribution is -0.143. The highest BCUT2D eigenvalue weighted by Crippen LogP contribution is 2.30. The molecular weight excluding hydrogens is 361 g/mol. The van der Waals surface area contributed by atoms with Crippen LogP contribution in [0.4, 0.5) is 4.39 Å². The monoisotopic (exact) mass is 389 g/mol. The summed E-state index contributed by atoms with van der Waals surface area (Å²) in [6, 6.07) is 6.09. The molecule has 1 N–H and O–H groups in total. The number of nitrogens with zero attached hydrogens (tertiary/aromatic N) is 2. The normalized spacial score (nSPS) is 22.6. The first-order valence-electron chi connectivity index (χ1n) is 10.0. The second kappa shape index (κ2) is 9.17. The van der Waals surface area contributed by atoms with Crippen molar-refractivity contribution < 1.29 is 18.8 Å². The summed E-state index contributed by atoms with van der Waals surface area (Å²) in [5.41, 5.74) is 0.864. The number of benzene rings is 1. The molecule has 3 rings (SSSR count). The van der Waals surface area contributed by atoms with Gasteiger partial charge in [0.2, 0.25) is 17.7 Å². The second-order valence-corrected chi connectivity index (χ2v) is 7.72. The van der Waals surface area contributed by atoms with Crippen molar-refractivity contribution in [2.75, 3.05) is 26.2 Å². The number of piperazine rings is 1. The summed E-state index contributed by atoms with van der Waals surface area (Å²) >= 11 is 0. The number of nitrogens with one attached hydrogen (secondary N) is 1. The number of carbonyl (C=O) groups is 3. The third-order valence-corrected chi connectivity index (χ3v) is 5.86. The number of halogens is 1. The summed E-state index contributed by atoms with van der Waals surface area (Å²) in [4.78, 5) is 40.2. The number of carbonyl (C=O) groups excluding carboxylic acids is 3. The Morgan fingerprint density at radius 2 is 1.46 bits per heavy atom. The van der Waals surface area contributed by atoms with Crippen LogP contribution in [0.2, 0.25) is 0 Å². The van der Waals surface area contributed by atoms with E-state index in [0.29, 0.717) is 45.6 Å². The average molecular weight is 389 g/mol. The Bertz CT molecular complexity index is 706. The lowest BCUT2D eigenvalue weighted by atomic mass is 9.80. The van der Waals surface area contributed by atoms with Crippen molar-refractivity contribution in [3.63, 3.8) is 0 Å². The van der Waals surface area contributed by atoms with Gasteiger partial charge < -0.3 is 15.1 Å². The molecule has 0 atom stereocenters. The molecule has 28 heavy (non-hydrogen) atoms. The predicted molar refractivity (Wildman–Crippen MR) is 103 cm³/mol. The van der Waals surface area contributed by atoms with Crippen LogP contribution in [0.1, 0.15) is 38.2 Å². The molecule has 3 amide bonds. The minimum Gasteiger partial charge on any atom is -0.352 e. The molecule has 0 radical (unpaired) electrons. The van der Waals surface area contributed by atoms with Crippen molar-refractivity contribution in [3.05, 3.63) is 35.6 Å². The van der Waals surface area contributed by atoms with Gasteiger partial charge in [-0.3, -0.25) is 14.4 Å². The Kier molecular flexibility index (Phi) is 6.65. The molecule has 1 aliphatic heterocycles. The number of hydrogen-bond acceptors (Lipinski definition) is 3. The van der Waals surface area contributed by atoms with Crippen molar-refractivity contribution in [2.24, 2.45) is 11.8 Å². The van der Waals surface area contributed by atoms with E-state index in [2.05, 4.69) is 5.32 Å². The quantitative estimate of drug-likeness (QED) is 0.856. The zero-order chi connectivity index (χ0) is 20.1. The lowest BCUT2D eigenvalue weighted by Gasteiger charge is -2.37. The van der Waals surface area contributed by atoms with Crippen LogP contribution in [0.25, 0.3) is 0 Å². The third kappa shape index (κ3) is 5.09. The van der Waals surface area contributed by atoms with Crippen molar-refractivity contribution in [1.82, 2.24) is 15.1 Å². The Morgan fingerprint density at radius 1 is 0.929 bits per heavy atom. The van der Waals surface area contributed by atoms with Gasteiger partial charge in [0, 0.05) is 51.5 Å². The summed E-state index contributed by atoms with van der Waals surface area (Å²) in [5.74, 6) is -0.164. The van der Waals surface area contributed by atoms with E-state index in [0.717, 1.165) is 18.4 Å². The first-order valence-corrected chi connectivity index (χ1v) is 10.0. The molecule has 6 nitrogen and oxygen atoms in total. The molecule has 2 fully saturated rings. The number of amides is 3. The topological polar surface area (TPSA) is 69.7 Å². The molecule has 1 aliphatic carbocycles. The molecule has 1 aromatic rings. The summed E-state index contributed by atoms with van der Waals surface area (Å²) in [6.07, 6.45) is 2.86. The maximum atomic E-state index is 12.9. The van der Waals surface area contributed by atoms with Crippen LogP contribution >= 0.6 is 0 Å².